The monoisotopic (exact) mass is 514 g/mol. The first-order valence-electron chi connectivity index (χ1n) is 10.9. The van der Waals surface area contributed by atoms with E-state index < -0.39 is 65.3 Å². The van der Waals surface area contributed by atoms with Gasteiger partial charge < -0.3 is 16.0 Å². The first kappa shape index (κ1) is 27.0. The molecule has 3 aliphatic carbocycles. The number of halogens is 5. The van der Waals surface area contributed by atoms with Crippen molar-refractivity contribution in [1.29, 1.82) is 5.26 Å². The molecule has 0 unspecified atom stereocenters. The Morgan fingerprint density at radius 1 is 1.11 bits per heavy atom. The van der Waals surface area contributed by atoms with E-state index in [0.29, 0.717) is 6.92 Å². The summed E-state index contributed by atoms with van der Waals surface area (Å²) in [6.07, 6.45) is -6.95. The van der Waals surface area contributed by atoms with Gasteiger partial charge in [0.1, 0.15) is 0 Å². The van der Waals surface area contributed by atoms with Crippen LogP contribution in [0.5, 0.6) is 0 Å². The third kappa shape index (κ3) is 5.03. The molecule has 0 aliphatic heterocycles. The van der Waals surface area contributed by atoms with Crippen LogP contribution in [0.1, 0.15) is 54.9 Å². The number of hydrogen-bond acceptors (Lipinski definition) is 5. The smallest absolute Gasteiger partial charge is 0.353 e. The highest BCUT2D eigenvalue weighted by Crippen LogP contribution is 2.78. The molecule has 0 heterocycles. The lowest BCUT2D eigenvalue weighted by Gasteiger charge is -2.69. The molecule has 3 saturated carbocycles. The zero-order valence-corrected chi connectivity index (χ0v) is 19.3. The third-order valence-electron chi connectivity index (χ3n) is 6.70. The molecule has 0 spiro atoms. The number of anilines is 1. The van der Waals surface area contributed by atoms with Gasteiger partial charge in [-0.25, -0.2) is 8.78 Å². The first-order chi connectivity index (χ1) is 16.6. The van der Waals surface area contributed by atoms with Crippen molar-refractivity contribution < 1.29 is 41.1 Å². The van der Waals surface area contributed by atoms with Gasteiger partial charge in [0.05, 0.1) is 39.8 Å². The maximum Gasteiger partial charge on any atom is 0.394 e. The van der Waals surface area contributed by atoms with Gasteiger partial charge in [-0.2, -0.15) is 18.4 Å². The number of amides is 3. The van der Waals surface area contributed by atoms with Crippen molar-refractivity contribution in [2.45, 2.75) is 57.2 Å². The van der Waals surface area contributed by atoms with Crippen LogP contribution in [-0.4, -0.2) is 48.7 Å². The Balaban J connectivity index is 1.81. The minimum absolute atomic E-state index is 0.0195. The van der Waals surface area contributed by atoms with Crippen molar-refractivity contribution >= 4 is 29.2 Å². The number of alkyl halides is 5. The van der Waals surface area contributed by atoms with Crippen LogP contribution in [0.3, 0.4) is 0 Å². The van der Waals surface area contributed by atoms with E-state index in [9.17, 15) is 46.4 Å². The number of benzene rings is 1. The molecule has 1 aromatic rings. The van der Waals surface area contributed by atoms with Gasteiger partial charge in [-0.1, -0.05) is 0 Å². The van der Waals surface area contributed by atoms with Crippen LogP contribution < -0.4 is 16.0 Å². The van der Waals surface area contributed by atoms with Crippen LogP contribution >= 0.6 is 0 Å². The van der Waals surface area contributed by atoms with Crippen molar-refractivity contribution in [2.75, 3.05) is 12.4 Å². The lowest BCUT2D eigenvalue weighted by Crippen LogP contribution is -2.71. The maximum absolute atomic E-state index is 13.4. The third-order valence-corrected chi connectivity index (χ3v) is 6.70. The van der Waals surface area contributed by atoms with Crippen LogP contribution in [0.2, 0.25) is 0 Å². The molecule has 1 atom stereocenters. The Bertz CT molecular complexity index is 1130. The number of nitrogens with one attached hydrogen (secondary N) is 3. The van der Waals surface area contributed by atoms with Crippen LogP contribution in [0.25, 0.3) is 0 Å². The van der Waals surface area contributed by atoms with Crippen molar-refractivity contribution in [3.63, 3.8) is 0 Å². The summed E-state index contributed by atoms with van der Waals surface area (Å²) >= 11 is 0. The summed E-state index contributed by atoms with van der Waals surface area (Å²) in [4.78, 5) is 49.9. The van der Waals surface area contributed by atoms with Crippen molar-refractivity contribution in [2.24, 2.45) is 10.8 Å². The van der Waals surface area contributed by atoms with Gasteiger partial charge in [-0.3, -0.25) is 19.2 Å². The molecule has 1 aromatic carbocycles. The molecule has 0 saturated heterocycles. The summed E-state index contributed by atoms with van der Waals surface area (Å²) in [7, 11) is 1.14. The molecule has 4 rings (SSSR count). The van der Waals surface area contributed by atoms with Crippen molar-refractivity contribution in [3.05, 3.63) is 29.3 Å². The highest BCUT2D eigenvalue weighted by atomic mass is 19.4. The Labute approximate surface area is 202 Å². The number of carbonyl (C=O) groups excluding carboxylic acids is 4. The summed E-state index contributed by atoms with van der Waals surface area (Å²) in [5, 5.41) is 15.9. The molecule has 3 fully saturated rings. The number of ketones is 1. The predicted molar refractivity (Wildman–Crippen MR) is 115 cm³/mol. The molecule has 2 bridgehead atoms. The fourth-order valence-electron chi connectivity index (χ4n) is 4.68. The Kier molecular flexibility index (Phi) is 6.87. The molecule has 3 N–H and O–H groups in total. The van der Waals surface area contributed by atoms with E-state index in [1.807, 2.05) is 0 Å². The first-order valence-corrected chi connectivity index (χ1v) is 10.9. The second kappa shape index (κ2) is 9.15. The van der Waals surface area contributed by atoms with Gasteiger partial charge in [0, 0.05) is 13.5 Å². The summed E-state index contributed by atoms with van der Waals surface area (Å²) in [6.45, 7) is 0.605. The number of hydrogen-bond donors (Lipinski definition) is 3. The molecule has 13 heteroatoms. The van der Waals surface area contributed by atoms with Gasteiger partial charge in [0.15, 0.2) is 0 Å². The molecule has 0 radical (unpaired) electrons. The lowest BCUT2D eigenvalue weighted by atomic mass is 9.34. The highest BCUT2D eigenvalue weighted by molar-refractivity contribution is 6.38. The SMILES string of the molecule is CNC(=O)C(=O)[C@H](CCC(C)(F)F)NC(=O)c1cc(C#N)ccc1NC(=O)C12CC(C(F)(F)F)(C1)C2. The average molecular weight is 514 g/mol. The van der Waals surface area contributed by atoms with Gasteiger partial charge in [0.25, 0.3) is 11.8 Å². The minimum Gasteiger partial charge on any atom is -0.353 e. The summed E-state index contributed by atoms with van der Waals surface area (Å²) in [5.41, 5.74) is -3.58. The van der Waals surface area contributed by atoms with E-state index in [-0.39, 0.29) is 36.1 Å². The second-order valence-corrected chi connectivity index (χ2v) is 9.49. The Morgan fingerprint density at radius 3 is 2.22 bits per heavy atom. The van der Waals surface area contributed by atoms with E-state index >= 15 is 0 Å². The average Bonchev–Trinajstić information content (AvgIpc) is 2.71. The standard InChI is InChI=1S/C23H23F5N4O4/c1-20(24,25)6-5-15(16(33)18(35)30-2)31-17(34)13-7-12(8-29)3-4-14(13)32-19(36)21-9-22(10-21,11-21)23(26,27)28/h3-4,7,15H,5-6,9-11H2,1-2H3,(H,30,35)(H,31,34)(H,32,36)/t15-,21?,22?/m0/s1. The van der Waals surface area contributed by atoms with Crippen LogP contribution in [0.4, 0.5) is 27.6 Å². The summed E-state index contributed by atoms with van der Waals surface area (Å²) < 4.78 is 66.1. The second-order valence-electron chi connectivity index (χ2n) is 9.49. The molecular weight excluding hydrogens is 491 g/mol. The molecule has 8 nitrogen and oxygen atoms in total. The number of rotatable bonds is 9. The minimum atomic E-state index is -4.42. The van der Waals surface area contributed by atoms with Gasteiger partial charge in [-0.15, -0.1) is 0 Å². The van der Waals surface area contributed by atoms with Crippen LogP contribution in [-0.2, 0) is 14.4 Å². The zero-order chi connectivity index (χ0) is 27.1. The zero-order valence-electron chi connectivity index (χ0n) is 19.3. The molecule has 36 heavy (non-hydrogen) atoms. The number of nitriles is 1. The molecule has 0 aromatic heterocycles. The Hall–Kier alpha value is -3.56. The number of Topliss-reactive ketones (excluding diaryl/α,β-unsaturated/α-hetero) is 1. The number of nitrogens with zero attached hydrogens (tertiary/aromatic N) is 1. The summed E-state index contributed by atoms with van der Waals surface area (Å²) in [5.74, 6) is -7.27. The van der Waals surface area contributed by atoms with E-state index in [1.54, 1.807) is 6.07 Å². The topological polar surface area (TPSA) is 128 Å². The van der Waals surface area contributed by atoms with Crippen molar-refractivity contribution in [3.8, 4) is 6.07 Å². The number of carbonyl (C=O) groups is 4. The van der Waals surface area contributed by atoms with E-state index in [0.717, 1.165) is 13.1 Å². The normalized spacial score (nSPS) is 23.3. The highest BCUT2D eigenvalue weighted by Gasteiger charge is 2.80. The quantitative estimate of drug-likeness (QED) is 0.345. The van der Waals surface area contributed by atoms with E-state index in [2.05, 4.69) is 16.0 Å². The maximum atomic E-state index is 13.4. The molecule has 3 amide bonds. The van der Waals surface area contributed by atoms with E-state index in [1.165, 1.54) is 12.1 Å². The fourth-order valence-corrected chi connectivity index (χ4v) is 4.68. The predicted octanol–water partition coefficient (Wildman–Crippen LogP) is 3.08. The molecular formula is C23H23F5N4O4. The van der Waals surface area contributed by atoms with Crippen molar-refractivity contribution in [1.82, 2.24) is 10.6 Å². The van der Waals surface area contributed by atoms with Gasteiger partial charge in [0.2, 0.25) is 17.6 Å². The van der Waals surface area contributed by atoms with Crippen LogP contribution in [0.15, 0.2) is 18.2 Å². The Morgan fingerprint density at radius 2 is 1.72 bits per heavy atom. The molecule has 194 valence electrons. The lowest BCUT2D eigenvalue weighted by molar-refractivity contribution is -0.349. The van der Waals surface area contributed by atoms with Gasteiger partial charge in [-0.05, 0) is 50.8 Å². The largest absolute Gasteiger partial charge is 0.394 e. The summed E-state index contributed by atoms with van der Waals surface area (Å²) in [6, 6.07) is 3.68. The van der Waals surface area contributed by atoms with Crippen LogP contribution in [0, 0.1) is 22.2 Å². The van der Waals surface area contributed by atoms with E-state index in [4.69, 9.17) is 0 Å². The number of likely N-dealkylation sites (N-methyl/N-ethyl adjacent to an activating group) is 1. The van der Waals surface area contributed by atoms with Gasteiger partial charge >= 0.3 is 6.18 Å². The fraction of sp³-hybridized carbons (Fsp3) is 0.522. The molecule has 3 aliphatic rings.